The molecule has 21 heavy (non-hydrogen) atoms. The molecule has 2 aliphatic rings. The van der Waals surface area contributed by atoms with Gasteiger partial charge in [0.25, 0.3) is 0 Å². The minimum atomic E-state index is -0.349. The van der Waals surface area contributed by atoms with Crippen LogP contribution in [-0.2, 0) is 16.0 Å². The number of rotatable bonds is 3. The smallest absolute Gasteiger partial charge is 0.339 e. The van der Waals surface area contributed by atoms with Gasteiger partial charge in [-0.1, -0.05) is 0 Å². The number of likely N-dealkylation sites (tertiary alicyclic amines) is 1. The van der Waals surface area contributed by atoms with E-state index in [-0.39, 0.29) is 5.97 Å². The number of carbonyl (C=O) groups excluding carboxylic acids is 1. The van der Waals surface area contributed by atoms with Crippen molar-refractivity contribution in [1.29, 1.82) is 0 Å². The normalized spacial score (nSPS) is 26.1. The zero-order valence-electron chi connectivity index (χ0n) is 12.2. The summed E-state index contributed by atoms with van der Waals surface area (Å²) in [7, 11) is 1.37. The van der Waals surface area contributed by atoms with Crippen LogP contribution in [0.4, 0.5) is 0 Å². The molecule has 1 aromatic rings. The van der Waals surface area contributed by atoms with Crippen LogP contribution in [0.2, 0.25) is 0 Å². The Morgan fingerprint density at radius 3 is 3.24 bits per heavy atom. The Balaban J connectivity index is 1.58. The molecule has 2 atom stereocenters. The van der Waals surface area contributed by atoms with Crippen LogP contribution in [0.15, 0.2) is 18.3 Å². The first kappa shape index (κ1) is 14.4. The monoisotopic (exact) mass is 291 g/mol. The van der Waals surface area contributed by atoms with Gasteiger partial charge in [-0.05, 0) is 18.6 Å². The predicted octanol–water partition coefficient (Wildman–Crippen LogP) is 0.431. The molecule has 3 heterocycles. The number of carbonyl (C=O) groups is 1. The Morgan fingerprint density at radius 1 is 1.57 bits per heavy atom. The van der Waals surface area contributed by atoms with Gasteiger partial charge in [-0.25, -0.2) is 4.79 Å². The number of piperidine rings is 1. The molecule has 6 nitrogen and oxygen atoms in total. The largest absolute Gasteiger partial charge is 0.465 e. The zero-order valence-corrected chi connectivity index (χ0v) is 12.2. The van der Waals surface area contributed by atoms with Gasteiger partial charge < -0.3 is 14.8 Å². The van der Waals surface area contributed by atoms with Crippen LogP contribution in [0.1, 0.15) is 22.5 Å². The van der Waals surface area contributed by atoms with E-state index in [1.165, 1.54) is 7.11 Å². The van der Waals surface area contributed by atoms with E-state index in [1.54, 1.807) is 12.3 Å². The Hall–Kier alpha value is -1.50. The molecule has 1 aromatic heterocycles. The second kappa shape index (κ2) is 6.51. The molecule has 0 radical (unpaired) electrons. The highest BCUT2D eigenvalue weighted by atomic mass is 16.5. The van der Waals surface area contributed by atoms with Gasteiger partial charge in [-0.2, -0.15) is 0 Å². The summed E-state index contributed by atoms with van der Waals surface area (Å²) in [5.74, 6) is -0.349. The summed E-state index contributed by atoms with van der Waals surface area (Å²) in [5, 5.41) is 3.52. The van der Waals surface area contributed by atoms with Crippen molar-refractivity contribution in [3.63, 3.8) is 0 Å². The summed E-state index contributed by atoms with van der Waals surface area (Å²) >= 11 is 0. The Bertz CT molecular complexity index is 491. The van der Waals surface area contributed by atoms with E-state index in [9.17, 15) is 4.79 Å². The lowest BCUT2D eigenvalue weighted by molar-refractivity contribution is -0.0445. The van der Waals surface area contributed by atoms with Crippen LogP contribution < -0.4 is 5.32 Å². The van der Waals surface area contributed by atoms with Crippen LogP contribution in [-0.4, -0.2) is 61.3 Å². The molecular formula is C15H21N3O3. The van der Waals surface area contributed by atoms with Crippen LogP contribution >= 0.6 is 0 Å². The zero-order chi connectivity index (χ0) is 14.7. The highest BCUT2D eigenvalue weighted by Crippen LogP contribution is 2.18. The first-order valence-electron chi connectivity index (χ1n) is 7.37. The average molecular weight is 291 g/mol. The first-order valence-corrected chi connectivity index (χ1v) is 7.37. The Kier molecular flexibility index (Phi) is 4.48. The molecule has 3 rings (SSSR count). The number of hydrogen-bond acceptors (Lipinski definition) is 6. The number of nitrogens with one attached hydrogen (secondary N) is 1. The van der Waals surface area contributed by atoms with E-state index >= 15 is 0 Å². The lowest BCUT2D eigenvalue weighted by Gasteiger charge is -2.41. The van der Waals surface area contributed by atoms with Crippen molar-refractivity contribution in [2.24, 2.45) is 0 Å². The van der Waals surface area contributed by atoms with E-state index in [1.807, 2.05) is 6.07 Å². The van der Waals surface area contributed by atoms with E-state index < -0.39 is 0 Å². The quantitative estimate of drug-likeness (QED) is 0.815. The molecule has 0 spiro atoms. The fourth-order valence-electron chi connectivity index (χ4n) is 2.98. The van der Waals surface area contributed by atoms with Gasteiger partial charge in [0.2, 0.25) is 0 Å². The molecule has 114 valence electrons. The SMILES string of the molecule is COC(=O)c1ccc(CN2CCC3OCCNC3C2)nc1. The number of morpholine rings is 1. The third-order valence-corrected chi connectivity index (χ3v) is 4.11. The van der Waals surface area contributed by atoms with Gasteiger partial charge in [-0.3, -0.25) is 9.88 Å². The molecule has 2 aliphatic heterocycles. The average Bonchev–Trinajstić information content (AvgIpc) is 2.55. The third-order valence-electron chi connectivity index (χ3n) is 4.11. The van der Waals surface area contributed by atoms with Crippen LogP contribution in [0.25, 0.3) is 0 Å². The standard InChI is InChI=1S/C15H21N3O3/c1-20-15(19)11-2-3-12(17-8-11)9-18-6-4-14-13(10-18)16-5-7-21-14/h2-3,8,13-14,16H,4-7,9-10H2,1H3. The van der Waals surface area contributed by atoms with Gasteiger partial charge >= 0.3 is 5.97 Å². The molecular weight excluding hydrogens is 270 g/mol. The minimum Gasteiger partial charge on any atom is -0.465 e. The van der Waals surface area contributed by atoms with Crippen molar-refractivity contribution < 1.29 is 14.3 Å². The van der Waals surface area contributed by atoms with Gasteiger partial charge in [0.05, 0.1) is 31.1 Å². The number of fused-ring (bicyclic) bond motifs is 1. The van der Waals surface area contributed by atoms with Crippen molar-refractivity contribution in [2.45, 2.75) is 25.1 Å². The summed E-state index contributed by atoms with van der Waals surface area (Å²) in [4.78, 5) is 18.1. The maximum atomic E-state index is 11.4. The van der Waals surface area contributed by atoms with Gasteiger partial charge in [0, 0.05) is 38.4 Å². The van der Waals surface area contributed by atoms with Gasteiger partial charge in [-0.15, -0.1) is 0 Å². The Morgan fingerprint density at radius 2 is 2.48 bits per heavy atom. The summed E-state index contributed by atoms with van der Waals surface area (Å²) in [6, 6.07) is 4.08. The van der Waals surface area contributed by atoms with E-state index in [2.05, 4.69) is 19.9 Å². The van der Waals surface area contributed by atoms with Crippen molar-refractivity contribution in [1.82, 2.24) is 15.2 Å². The van der Waals surface area contributed by atoms with Gasteiger partial charge in [0.1, 0.15) is 0 Å². The fraction of sp³-hybridized carbons (Fsp3) is 0.600. The first-order chi connectivity index (χ1) is 10.3. The molecule has 1 N–H and O–H groups in total. The maximum Gasteiger partial charge on any atom is 0.339 e. The number of ether oxygens (including phenoxy) is 2. The molecule has 0 amide bonds. The number of esters is 1. The molecule has 0 aliphatic carbocycles. The summed E-state index contributed by atoms with van der Waals surface area (Å²) in [6.07, 6.45) is 2.98. The molecule has 0 saturated carbocycles. The molecule has 0 aromatic carbocycles. The molecule has 2 saturated heterocycles. The van der Waals surface area contributed by atoms with Crippen LogP contribution in [0.3, 0.4) is 0 Å². The number of methoxy groups -OCH3 is 1. The van der Waals surface area contributed by atoms with Crippen molar-refractivity contribution >= 4 is 5.97 Å². The highest BCUT2D eigenvalue weighted by molar-refractivity contribution is 5.88. The summed E-state index contributed by atoms with van der Waals surface area (Å²) in [6.45, 7) is 4.54. The molecule has 2 unspecified atom stereocenters. The van der Waals surface area contributed by atoms with E-state index in [0.717, 1.165) is 44.9 Å². The summed E-state index contributed by atoms with van der Waals surface area (Å²) < 4.78 is 10.5. The summed E-state index contributed by atoms with van der Waals surface area (Å²) in [5.41, 5.74) is 1.46. The number of hydrogen-bond donors (Lipinski definition) is 1. The van der Waals surface area contributed by atoms with Crippen molar-refractivity contribution in [3.05, 3.63) is 29.6 Å². The molecule has 2 fully saturated rings. The van der Waals surface area contributed by atoms with E-state index in [0.29, 0.717) is 17.7 Å². The minimum absolute atomic E-state index is 0.349. The van der Waals surface area contributed by atoms with Crippen LogP contribution in [0.5, 0.6) is 0 Å². The van der Waals surface area contributed by atoms with Gasteiger partial charge in [0.15, 0.2) is 0 Å². The topological polar surface area (TPSA) is 63.7 Å². The number of pyridine rings is 1. The number of nitrogens with zero attached hydrogens (tertiary/aromatic N) is 2. The molecule has 0 bridgehead atoms. The van der Waals surface area contributed by atoms with Crippen molar-refractivity contribution in [3.8, 4) is 0 Å². The van der Waals surface area contributed by atoms with Crippen molar-refractivity contribution in [2.75, 3.05) is 33.4 Å². The fourth-order valence-corrected chi connectivity index (χ4v) is 2.98. The lowest BCUT2D eigenvalue weighted by Crippen LogP contribution is -2.58. The lowest BCUT2D eigenvalue weighted by atomic mass is 10.0. The Labute approximate surface area is 124 Å². The second-order valence-corrected chi connectivity index (χ2v) is 5.52. The maximum absolute atomic E-state index is 11.4. The molecule has 6 heteroatoms. The van der Waals surface area contributed by atoms with E-state index in [4.69, 9.17) is 4.74 Å². The number of aromatic nitrogens is 1. The predicted molar refractivity (Wildman–Crippen MR) is 77.0 cm³/mol. The third kappa shape index (κ3) is 3.40. The highest BCUT2D eigenvalue weighted by Gasteiger charge is 2.31. The van der Waals surface area contributed by atoms with Crippen LogP contribution in [0, 0.1) is 0 Å². The second-order valence-electron chi connectivity index (χ2n) is 5.52.